The maximum Gasteiger partial charge on any atom is 0.272 e. The van der Waals surface area contributed by atoms with Gasteiger partial charge in [-0.05, 0) is 49.8 Å². The van der Waals surface area contributed by atoms with Crippen LogP contribution in [0.1, 0.15) is 35.3 Å². The lowest BCUT2D eigenvalue weighted by molar-refractivity contribution is 0.0657. The number of carbonyl (C=O) groups is 1. The maximum atomic E-state index is 13.7. The Balaban J connectivity index is 1.62. The van der Waals surface area contributed by atoms with Crippen LogP contribution in [0.25, 0.3) is 0 Å². The van der Waals surface area contributed by atoms with Gasteiger partial charge in [-0.3, -0.25) is 9.48 Å². The summed E-state index contributed by atoms with van der Waals surface area (Å²) in [7, 11) is 1.75. The molecule has 1 aromatic carbocycles. The minimum absolute atomic E-state index is 0.0308. The second kappa shape index (κ2) is 7.11. The molecule has 0 aliphatic carbocycles. The van der Waals surface area contributed by atoms with E-state index in [0.717, 1.165) is 12.8 Å². The fraction of sp³-hybridized carbons (Fsp3) is 0.444. The topological polar surface area (TPSA) is 38.1 Å². The van der Waals surface area contributed by atoms with Crippen molar-refractivity contribution >= 4 is 5.91 Å². The summed E-state index contributed by atoms with van der Waals surface area (Å²) < 4.78 is 29.0. The summed E-state index contributed by atoms with van der Waals surface area (Å²) in [5.41, 5.74) is 0.711. The van der Waals surface area contributed by atoms with E-state index in [1.165, 1.54) is 18.2 Å². The van der Waals surface area contributed by atoms with Crippen molar-refractivity contribution < 1.29 is 13.6 Å². The number of hydrogen-bond acceptors (Lipinski definition) is 2. The van der Waals surface area contributed by atoms with Gasteiger partial charge in [0.2, 0.25) is 0 Å². The summed E-state index contributed by atoms with van der Waals surface area (Å²) in [6.45, 7) is 1.34. The highest BCUT2D eigenvalue weighted by Crippen LogP contribution is 2.24. The lowest BCUT2D eigenvalue weighted by atomic mass is 9.91. The summed E-state index contributed by atoms with van der Waals surface area (Å²) >= 11 is 0. The molecule has 128 valence electrons. The molecule has 24 heavy (non-hydrogen) atoms. The van der Waals surface area contributed by atoms with Crippen molar-refractivity contribution in [1.29, 1.82) is 0 Å². The predicted octanol–water partition coefficient (Wildman–Crippen LogP) is 3.18. The molecular formula is C18H21F2N3O. The van der Waals surface area contributed by atoms with Gasteiger partial charge in [0.15, 0.2) is 0 Å². The SMILES string of the molecule is Cn1nccc1C(=O)N1CCCC(CCc2c(F)cccc2F)C1. The van der Waals surface area contributed by atoms with Crippen LogP contribution in [0.4, 0.5) is 8.78 Å². The van der Waals surface area contributed by atoms with Gasteiger partial charge in [-0.15, -0.1) is 0 Å². The van der Waals surface area contributed by atoms with E-state index in [4.69, 9.17) is 0 Å². The average Bonchev–Trinajstić information content (AvgIpc) is 3.00. The third-order valence-electron chi connectivity index (χ3n) is 4.71. The van der Waals surface area contributed by atoms with Gasteiger partial charge in [0.1, 0.15) is 17.3 Å². The van der Waals surface area contributed by atoms with Crippen molar-refractivity contribution in [2.45, 2.75) is 25.7 Å². The molecule has 0 N–H and O–H groups in total. The normalized spacial score (nSPS) is 18.0. The Hall–Kier alpha value is -2.24. The van der Waals surface area contributed by atoms with E-state index in [-0.39, 0.29) is 17.4 Å². The summed E-state index contributed by atoms with van der Waals surface area (Å²) in [4.78, 5) is 14.4. The molecule has 2 heterocycles. The molecule has 0 radical (unpaired) electrons. The van der Waals surface area contributed by atoms with Crippen LogP contribution in [0.3, 0.4) is 0 Å². The molecule has 1 atom stereocenters. The van der Waals surface area contributed by atoms with Crippen molar-refractivity contribution in [3.8, 4) is 0 Å². The maximum absolute atomic E-state index is 13.7. The first kappa shape index (κ1) is 16.6. The summed E-state index contributed by atoms with van der Waals surface area (Å²) in [6.07, 6.45) is 4.53. The quantitative estimate of drug-likeness (QED) is 0.862. The molecule has 1 amide bonds. The minimum atomic E-state index is -0.492. The Bertz CT molecular complexity index is 709. The summed E-state index contributed by atoms with van der Waals surface area (Å²) in [5.74, 6) is -0.756. The van der Waals surface area contributed by atoms with Crippen LogP contribution in [0.5, 0.6) is 0 Å². The third-order valence-corrected chi connectivity index (χ3v) is 4.71. The molecule has 1 saturated heterocycles. The van der Waals surface area contributed by atoms with Crippen molar-refractivity contribution in [1.82, 2.24) is 14.7 Å². The van der Waals surface area contributed by atoms with Crippen LogP contribution in [-0.2, 0) is 13.5 Å². The van der Waals surface area contributed by atoms with Gasteiger partial charge in [0.25, 0.3) is 5.91 Å². The number of aryl methyl sites for hydroxylation is 1. The second-order valence-corrected chi connectivity index (χ2v) is 6.34. The number of rotatable bonds is 4. The highest BCUT2D eigenvalue weighted by atomic mass is 19.1. The highest BCUT2D eigenvalue weighted by molar-refractivity contribution is 5.92. The van der Waals surface area contributed by atoms with Crippen molar-refractivity contribution in [3.05, 3.63) is 53.4 Å². The van der Waals surface area contributed by atoms with E-state index in [2.05, 4.69) is 5.10 Å². The number of amides is 1. The molecule has 0 saturated carbocycles. The van der Waals surface area contributed by atoms with Crippen LogP contribution in [0.2, 0.25) is 0 Å². The monoisotopic (exact) mass is 333 g/mol. The van der Waals surface area contributed by atoms with Crippen molar-refractivity contribution in [2.75, 3.05) is 13.1 Å². The molecule has 0 spiro atoms. The summed E-state index contributed by atoms with van der Waals surface area (Å²) in [5, 5.41) is 4.03. The molecule has 0 bridgehead atoms. The predicted molar refractivity (Wildman–Crippen MR) is 86.5 cm³/mol. The molecule has 1 aliphatic rings. The number of carbonyl (C=O) groups excluding carboxylic acids is 1. The Labute approximate surface area is 140 Å². The van der Waals surface area contributed by atoms with Gasteiger partial charge in [-0.1, -0.05) is 6.07 Å². The number of nitrogens with zero attached hydrogens (tertiary/aromatic N) is 3. The fourth-order valence-electron chi connectivity index (χ4n) is 3.35. The lowest BCUT2D eigenvalue weighted by Crippen LogP contribution is -2.40. The molecule has 1 unspecified atom stereocenters. The van der Waals surface area contributed by atoms with Gasteiger partial charge in [-0.25, -0.2) is 8.78 Å². The van der Waals surface area contributed by atoms with E-state index >= 15 is 0 Å². The summed E-state index contributed by atoms with van der Waals surface area (Å²) in [6, 6.07) is 5.67. The van der Waals surface area contributed by atoms with Crippen LogP contribution >= 0.6 is 0 Å². The first-order valence-electron chi connectivity index (χ1n) is 8.26. The molecule has 4 nitrogen and oxygen atoms in total. The van der Waals surface area contributed by atoms with Crippen LogP contribution in [0, 0.1) is 17.6 Å². The Morgan fingerprint density at radius 1 is 1.29 bits per heavy atom. The number of halogens is 2. The standard InChI is InChI=1S/C18H21F2N3O/c1-22-17(9-10-21-22)18(24)23-11-3-4-13(12-23)7-8-14-15(19)5-2-6-16(14)20/h2,5-6,9-10,13H,3-4,7-8,11-12H2,1H3. The minimum Gasteiger partial charge on any atom is -0.337 e. The van der Waals surface area contributed by atoms with Crippen LogP contribution < -0.4 is 0 Å². The molecule has 1 aromatic heterocycles. The van der Waals surface area contributed by atoms with E-state index in [9.17, 15) is 13.6 Å². The molecule has 6 heteroatoms. The zero-order valence-corrected chi connectivity index (χ0v) is 13.7. The van der Waals surface area contributed by atoms with E-state index in [1.807, 2.05) is 4.90 Å². The molecule has 3 rings (SSSR count). The molecule has 1 aliphatic heterocycles. The average molecular weight is 333 g/mol. The van der Waals surface area contributed by atoms with Gasteiger partial charge < -0.3 is 4.90 Å². The smallest absolute Gasteiger partial charge is 0.272 e. The van der Waals surface area contributed by atoms with Crippen molar-refractivity contribution in [3.63, 3.8) is 0 Å². The largest absolute Gasteiger partial charge is 0.337 e. The van der Waals surface area contributed by atoms with E-state index in [1.54, 1.807) is 24.0 Å². The molecular weight excluding hydrogens is 312 g/mol. The third kappa shape index (κ3) is 3.47. The molecule has 1 fully saturated rings. The van der Waals surface area contributed by atoms with Crippen LogP contribution in [0.15, 0.2) is 30.5 Å². The van der Waals surface area contributed by atoms with E-state index < -0.39 is 11.6 Å². The number of aromatic nitrogens is 2. The van der Waals surface area contributed by atoms with Gasteiger partial charge in [-0.2, -0.15) is 5.10 Å². The van der Waals surface area contributed by atoms with E-state index in [0.29, 0.717) is 31.6 Å². The zero-order valence-electron chi connectivity index (χ0n) is 13.7. The van der Waals surface area contributed by atoms with Gasteiger partial charge in [0, 0.05) is 31.9 Å². The Kier molecular flexibility index (Phi) is 4.92. The fourth-order valence-corrected chi connectivity index (χ4v) is 3.35. The first-order valence-corrected chi connectivity index (χ1v) is 8.26. The van der Waals surface area contributed by atoms with Gasteiger partial charge in [0.05, 0.1) is 0 Å². The number of hydrogen-bond donors (Lipinski definition) is 0. The second-order valence-electron chi connectivity index (χ2n) is 6.34. The van der Waals surface area contributed by atoms with Crippen molar-refractivity contribution in [2.24, 2.45) is 13.0 Å². The lowest BCUT2D eigenvalue weighted by Gasteiger charge is -2.32. The number of piperidine rings is 1. The zero-order chi connectivity index (χ0) is 17.1. The Morgan fingerprint density at radius 3 is 2.71 bits per heavy atom. The number of benzene rings is 1. The molecule has 2 aromatic rings. The van der Waals surface area contributed by atoms with Crippen LogP contribution in [-0.4, -0.2) is 33.7 Å². The first-order chi connectivity index (χ1) is 11.6. The Morgan fingerprint density at radius 2 is 2.04 bits per heavy atom. The number of likely N-dealkylation sites (tertiary alicyclic amines) is 1. The highest BCUT2D eigenvalue weighted by Gasteiger charge is 2.26. The van der Waals surface area contributed by atoms with Gasteiger partial charge >= 0.3 is 0 Å².